The van der Waals surface area contributed by atoms with Gasteiger partial charge >= 0.3 is 0 Å². The summed E-state index contributed by atoms with van der Waals surface area (Å²) in [5, 5.41) is 8.98. The lowest BCUT2D eigenvalue weighted by atomic mass is 9.93. The van der Waals surface area contributed by atoms with Gasteiger partial charge in [0.25, 0.3) is 0 Å². The van der Waals surface area contributed by atoms with Crippen molar-refractivity contribution >= 4 is 0 Å². The molecular formula is C7H12O. The van der Waals surface area contributed by atoms with Crippen molar-refractivity contribution in [2.75, 3.05) is 0 Å². The number of hydrogen-bond donors (Lipinski definition) is 1. The van der Waals surface area contributed by atoms with Crippen LogP contribution in [-0.2, 0) is 0 Å². The molecule has 1 N–H and O–H groups in total. The average molecular weight is 112 g/mol. The van der Waals surface area contributed by atoms with Gasteiger partial charge < -0.3 is 5.11 Å². The second-order valence-corrected chi connectivity index (χ2v) is 3.12. The summed E-state index contributed by atoms with van der Waals surface area (Å²) in [5.74, 6) is 0. The molecule has 1 rings (SSSR count). The maximum Gasteiger partial charge on any atom is 0.0729 e. The Hall–Kier alpha value is -0.300. The van der Waals surface area contributed by atoms with E-state index in [0.717, 1.165) is 6.42 Å². The summed E-state index contributed by atoms with van der Waals surface area (Å²) in [4.78, 5) is 0. The SMILES string of the molecule is CC1(C)C=C[C@H](O)C1. The summed E-state index contributed by atoms with van der Waals surface area (Å²) in [7, 11) is 0. The Bertz CT molecular complexity index is 114. The fraction of sp³-hybridized carbons (Fsp3) is 0.714. The van der Waals surface area contributed by atoms with Crippen LogP contribution in [0.4, 0.5) is 0 Å². The van der Waals surface area contributed by atoms with E-state index in [0.29, 0.717) is 0 Å². The highest BCUT2D eigenvalue weighted by atomic mass is 16.3. The smallest absolute Gasteiger partial charge is 0.0729 e. The van der Waals surface area contributed by atoms with E-state index in [1.807, 2.05) is 6.08 Å². The first kappa shape index (κ1) is 5.83. The molecule has 1 atom stereocenters. The van der Waals surface area contributed by atoms with Gasteiger partial charge in [-0.05, 0) is 11.8 Å². The van der Waals surface area contributed by atoms with Crippen LogP contribution < -0.4 is 0 Å². The molecule has 1 heteroatoms. The summed E-state index contributed by atoms with van der Waals surface area (Å²) >= 11 is 0. The third-order valence-electron chi connectivity index (χ3n) is 1.50. The van der Waals surface area contributed by atoms with Crippen molar-refractivity contribution in [1.82, 2.24) is 0 Å². The van der Waals surface area contributed by atoms with E-state index in [2.05, 4.69) is 19.9 Å². The minimum atomic E-state index is -0.190. The second kappa shape index (κ2) is 1.59. The minimum absolute atomic E-state index is 0.190. The number of aliphatic hydroxyl groups excluding tert-OH is 1. The topological polar surface area (TPSA) is 20.2 Å². The molecule has 0 heterocycles. The molecule has 0 aromatic heterocycles. The third-order valence-corrected chi connectivity index (χ3v) is 1.50. The van der Waals surface area contributed by atoms with Gasteiger partial charge in [-0.3, -0.25) is 0 Å². The van der Waals surface area contributed by atoms with Crippen LogP contribution in [0.2, 0.25) is 0 Å². The van der Waals surface area contributed by atoms with Crippen molar-refractivity contribution in [3.63, 3.8) is 0 Å². The van der Waals surface area contributed by atoms with Crippen LogP contribution >= 0.6 is 0 Å². The molecule has 0 aromatic carbocycles. The minimum Gasteiger partial charge on any atom is -0.389 e. The maximum absolute atomic E-state index is 8.98. The van der Waals surface area contributed by atoms with Crippen LogP contribution in [-0.4, -0.2) is 11.2 Å². The van der Waals surface area contributed by atoms with E-state index in [9.17, 15) is 0 Å². The summed E-state index contributed by atoms with van der Waals surface area (Å²) < 4.78 is 0. The monoisotopic (exact) mass is 112 g/mol. The molecule has 0 fully saturated rings. The van der Waals surface area contributed by atoms with Gasteiger partial charge in [0.15, 0.2) is 0 Å². The van der Waals surface area contributed by atoms with E-state index in [1.54, 1.807) is 0 Å². The molecule has 0 spiro atoms. The van der Waals surface area contributed by atoms with Gasteiger partial charge in [0.1, 0.15) is 0 Å². The summed E-state index contributed by atoms with van der Waals surface area (Å²) in [6, 6.07) is 0. The van der Waals surface area contributed by atoms with Crippen LogP contribution in [0.1, 0.15) is 20.3 Å². The Morgan fingerprint density at radius 1 is 1.62 bits per heavy atom. The lowest BCUT2D eigenvalue weighted by molar-refractivity contribution is 0.192. The number of hydrogen-bond acceptors (Lipinski definition) is 1. The number of rotatable bonds is 0. The van der Waals surface area contributed by atoms with Crippen molar-refractivity contribution in [3.05, 3.63) is 12.2 Å². The largest absolute Gasteiger partial charge is 0.389 e. The Labute approximate surface area is 50.0 Å². The van der Waals surface area contributed by atoms with Crippen molar-refractivity contribution in [2.45, 2.75) is 26.4 Å². The van der Waals surface area contributed by atoms with Gasteiger partial charge in [0, 0.05) is 0 Å². The molecular weight excluding hydrogens is 100 g/mol. The zero-order valence-electron chi connectivity index (χ0n) is 5.39. The van der Waals surface area contributed by atoms with E-state index < -0.39 is 0 Å². The highest BCUT2D eigenvalue weighted by Crippen LogP contribution is 2.29. The van der Waals surface area contributed by atoms with Gasteiger partial charge in [-0.2, -0.15) is 0 Å². The average Bonchev–Trinajstić information content (AvgIpc) is 1.82. The highest BCUT2D eigenvalue weighted by molar-refractivity contribution is 5.07. The van der Waals surface area contributed by atoms with E-state index in [1.165, 1.54) is 0 Å². The molecule has 1 aliphatic rings. The van der Waals surface area contributed by atoms with Crippen LogP contribution in [0.3, 0.4) is 0 Å². The van der Waals surface area contributed by atoms with Crippen LogP contribution in [0.5, 0.6) is 0 Å². The molecule has 0 aliphatic heterocycles. The molecule has 0 amide bonds. The summed E-state index contributed by atoms with van der Waals surface area (Å²) in [5.41, 5.74) is 0.236. The first-order valence-corrected chi connectivity index (χ1v) is 2.98. The lowest BCUT2D eigenvalue weighted by Gasteiger charge is -2.13. The fourth-order valence-electron chi connectivity index (χ4n) is 1.05. The Morgan fingerprint density at radius 2 is 2.25 bits per heavy atom. The fourth-order valence-corrected chi connectivity index (χ4v) is 1.05. The van der Waals surface area contributed by atoms with Crippen molar-refractivity contribution in [2.24, 2.45) is 5.41 Å². The molecule has 0 saturated heterocycles. The summed E-state index contributed by atoms with van der Waals surface area (Å²) in [6.45, 7) is 4.25. The van der Waals surface area contributed by atoms with Crippen molar-refractivity contribution in [1.29, 1.82) is 0 Å². The van der Waals surface area contributed by atoms with Gasteiger partial charge in [0.05, 0.1) is 6.10 Å². The number of aliphatic hydroxyl groups is 1. The van der Waals surface area contributed by atoms with Crippen LogP contribution in [0.15, 0.2) is 12.2 Å². The lowest BCUT2D eigenvalue weighted by Crippen LogP contribution is -2.08. The molecule has 0 saturated carbocycles. The van der Waals surface area contributed by atoms with E-state index in [4.69, 9.17) is 5.11 Å². The third kappa shape index (κ3) is 1.10. The predicted molar refractivity (Wildman–Crippen MR) is 33.5 cm³/mol. The van der Waals surface area contributed by atoms with Crippen molar-refractivity contribution in [3.8, 4) is 0 Å². The van der Waals surface area contributed by atoms with Crippen LogP contribution in [0, 0.1) is 5.41 Å². The summed E-state index contributed by atoms with van der Waals surface area (Å²) in [6.07, 6.45) is 4.62. The first-order chi connectivity index (χ1) is 3.60. The molecule has 0 bridgehead atoms. The first-order valence-electron chi connectivity index (χ1n) is 2.98. The molecule has 8 heavy (non-hydrogen) atoms. The zero-order valence-corrected chi connectivity index (χ0v) is 5.39. The molecule has 46 valence electrons. The van der Waals surface area contributed by atoms with Gasteiger partial charge in [-0.15, -0.1) is 0 Å². The predicted octanol–water partition coefficient (Wildman–Crippen LogP) is 1.33. The molecule has 0 radical (unpaired) electrons. The Balaban J connectivity index is 2.58. The molecule has 1 nitrogen and oxygen atoms in total. The van der Waals surface area contributed by atoms with Crippen molar-refractivity contribution < 1.29 is 5.11 Å². The highest BCUT2D eigenvalue weighted by Gasteiger charge is 2.22. The molecule has 1 aliphatic carbocycles. The molecule has 0 aromatic rings. The van der Waals surface area contributed by atoms with Gasteiger partial charge in [-0.25, -0.2) is 0 Å². The normalized spacial score (nSPS) is 33.6. The Morgan fingerprint density at radius 3 is 2.38 bits per heavy atom. The standard InChI is InChI=1S/C7H12O/c1-7(2)4-3-6(8)5-7/h3-4,6,8H,5H2,1-2H3/t6-/m0/s1. The second-order valence-electron chi connectivity index (χ2n) is 3.12. The van der Waals surface area contributed by atoms with E-state index >= 15 is 0 Å². The van der Waals surface area contributed by atoms with Gasteiger partial charge in [-0.1, -0.05) is 26.0 Å². The number of allylic oxidation sites excluding steroid dienone is 1. The zero-order chi connectivity index (χ0) is 6.20. The van der Waals surface area contributed by atoms with Crippen LogP contribution in [0.25, 0.3) is 0 Å². The quantitative estimate of drug-likeness (QED) is 0.469. The maximum atomic E-state index is 8.98. The Kier molecular flexibility index (Phi) is 1.16. The molecule has 0 unspecified atom stereocenters. The van der Waals surface area contributed by atoms with E-state index in [-0.39, 0.29) is 11.5 Å². The van der Waals surface area contributed by atoms with Gasteiger partial charge in [0.2, 0.25) is 0 Å².